The second-order valence-corrected chi connectivity index (χ2v) is 9.29. The quantitative estimate of drug-likeness (QED) is 0.513. The van der Waals surface area contributed by atoms with Crippen LogP contribution in [0.3, 0.4) is 0 Å². The molecule has 0 radical (unpaired) electrons. The molecule has 0 amide bonds. The van der Waals surface area contributed by atoms with Gasteiger partial charge < -0.3 is 20.3 Å². The number of hydrogen-bond acceptors (Lipinski definition) is 5. The van der Waals surface area contributed by atoms with Gasteiger partial charge in [0, 0.05) is 31.1 Å². The average molecular weight is 460 g/mol. The average Bonchev–Trinajstić information content (AvgIpc) is 3.51. The van der Waals surface area contributed by atoms with Crippen molar-refractivity contribution in [1.82, 2.24) is 15.3 Å². The molecule has 3 aromatic rings. The van der Waals surface area contributed by atoms with E-state index < -0.39 is 0 Å². The van der Waals surface area contributed by atoms with Crippen molar-refractivity contribution >= 4 is 29.1 Å². The lowest BCUT2D eigenvalue weighted by Crippen LogP contribution is -2.41. The van der Waals surface area contributed by atoms with Crippen molar-refractivity contribution in [1.29, 1.82) is 0 Å². The highest BCUT2D eigenvalue weighted by atomic mass is 32.1. The molecule has 6 nitrogen and oxygen atoms in total. The Morgan fingerprint density at radius 3 is 2.33 bits per heavy atom. The second-order valence-electron chi connectivity index (χ2n) is 8.88. The highest BCUT2D eigenvalue weighted by Crippen LogP contribution is 2.40. The number of nitrogens with one attached hydrogen (secondary N) is 2. The number of hydrogen-bond donors (Lipinski definition) is 2. The molecule has 5 rings (SSSR count). The van der Waals surface area contributed by atoms with Gasteiger partial charge in [-0.2, -0.15) is 9.97 Å². The van der Waals surface area contributed by atoms with E-state index in [1.165, 1.54) is 42.4 Å². The molecule has 33 heavy (non-hydrogen) atoms. The minimum atomic E-state index is 0.120. The maximum Gasteiger partial charge on any atom is 0.234 e. The molecule has 1 aliphatic heterocycles. The standard InChI is InChI=1S/C26H29N5OS/c1-32-23-15-22(31-16-19-9-5-6-10-20(19)17-31)28-24(29-23)30-25(33)27-18-26(13-7-8-14-26)21-11-3-2-4-12-21/h2-6,9-12,15H,7-8,13-14,16-18H2,1H3,(H2,27,28,29,30,33). The van der Waals surface area contributed by atoms with E-state index >= 15 is 0 Å². The number of methoxy groups -OCH3 is 1. The normalized spacial score (nSPS) is 16.3. The molecule has 1 fully saturated rings. The summed E-state index contributed by atoms with van der Waals surface area (Å²) in [6.45, 7) is 2.43. The summed E-state index contributed by atoms with van der Waals surface area (Å²) >= 11 is 5.63. The third-order valence-electron chi connectivity index (χ3n) is 6.82. The lowest BCUT2D eigenvalue weighted by Gasteiger charge is -2.30. The van der Waals surface area contributed by atoms with Gasteiger partial charge in [-0.25, -0.2) is 0 Å². The van der Waals surface area contributed by atoms with Crippen LogP contribution in [0.4, 0.5) is 11.8 Å². The van der Waals surface area contributed by atoms with Crippen LogP contribution in [0.15, 0.2) is 60.7 Å². The van der Waals surface area contributed by atoms with E-state index in [4.69, 9.17) is 21.9 Å². The SMILES string of the molecule is COc1cc(N2Cc3ccccc3C2)nc(NC(=S)NCC2(c3ccccc3)CCCC2)n1. The van der Waals surface area contributed by atoms with Gasteiger partial charge in [-0.1, -0.05) is 67.4 Å². The van der Waals surface area contributed by atoms with E-state index in [2.05, 4.69) is 75.1 Å². The van der Waals surface area contributed by atoms with E-state index in [-0.39, 0.29) is 5.41 Å². The molecule has 0 unspecified atom stereocenters. The van der Waals surface area contributed by atoms with Gasteiger partial charge in [0.25, 0.3) is 0 Å². The Kier molecular flexibility index (Phi) is 6.13. The highest BCUT2D eigenvalue weighted by Gasteiger charge is 2.35. The first kappa shape index (κ1) is 21.6. The van der Waals surface area contributed by atoms with Gasteiger partial charge >= 0.3 is 0 Å². The highest BCUT2D eigenvalue weighted by molar-refractivity contribution is 7.80. The fraction of sp³-hybridized carbons (Fsp3) is 0.346. The van der Waals surface area contributed by atoms with Crippen LogP contribution in [-0.4, -0.2) is 28.7 Å². The van der Waals surface area contributed by atoms with E-state index in [1.807, 2.05) is 6.07 Å². The number of ether oxygens (including phenoxy) is 1. The van der Waals surface area contributed by atoms with Crippen LogP contribution in [0.2, 0.25) is 0 Å². The van der Waals surface area contributed by atoms with Crippen LogP contribution in [0.1, 0.15) is 42.4 Å². The molecule has 2 aromatic carbocycles. The van der Waals surface area contributed by atoms with Gasteiger partial charge in [0.05, 0.1) is 7.11 Å². The molecule has 0 spiro atoms. The number of fused-ring (bicyclic) bond motifs is 1. The minimum absolute atomic E-state index is 0.120. The summed E-state index contributed by atoms with van der Waals surface area (Å²) in [6.07, 6.45) is 4.83. The molecule has 0 atom stereocenters. The van der Waals surface area contributed by atoms with Crippen molar-refractivity contribution in [3.8, 4) is 5.88 Å². The molecule has 170 valence electrons. The summed E-state index contributed by atoms with van der Waals surface area (Å²) in [5.74, 6) is 1.77. The van der Waals surface area contributed by atoms with E-state index in [0.29, 0.717) is 16.9 Å². The monoisotopic (exact) mass is 459 g/mol. The van der Waals surface area contributed by atoms with Crippen LogP contribution in [-0.2, 0) is 18.5 Å². The molecule has 2 N–H and O–H groups in total. The van der Waals surface area contributed by atoms with E-state index in [9.17, 15) is 0 Å². The fourth-order valence-corrected chi connectivity index (χ4v) is 5.20. The molecule has 0 bridgehead atoms. The smallest absolute Gasteiger partial charge is 0.234 e. The summed E-state index contributed by atoms with van der Waals surface area (Å²) in [7, 11) is 1.62. The zero-order chi connectivity index (χ0) is 22.7. The largest absolute Gasteiger partial charge is 0.481 e. The van der Waals surface area contributed by atoms with Crippen molar-refractivity contribution in [3.63, 3.8) is 0 Å². The van der Waals surface area contributed by atoms with Gasteiger partial charge in [-0.3, -0.25) is 0 Å². The number of aromatic nitrogens is 2. The summed E-state index contributed by atoms with van der Waals surface area (Å²) in [5, 5.41) is 7.15. The predicted octanol–water partition coefficient (Wildman–Crippen LogP) is 4.80. The fourth-order valence-electron chi connectivity index (χ4n) is 5.04. The van der Waals surface area contributed by atoms with Gasteiger partial charge in [0.2, 0.25) is 11.8 Å². The molecular formula is C26H29N5OS. The minimum Gasteiger partial charge on any atom is -0.481 e. The van der Waals surface area contributed by atoms with Gasteiger partial charge in [0.1, 0.15) is 5.82 Å². The van der Waals surface area contributed by atoms with Gasteiger partial charge in [0.15, 0.2) is 5.11 Å². The Hall–Kier alpha value is -3.19. The zero-order valence-electron chi connectivity index (χ0n) is 18.9. The summed E-state index contributed by atoms with van der Waals surface area (Å²) in [4.78, 5) is 11.4. The van der Waals surface area contributed by atoms with E-state index in [1.54, 1.807) is 7.11 Å². The summed E-state index contributed by atoms with van der Waals surface area (Å²) in [6, 6.07) is 21.1. The first-order valence-electron chi connectivity index (χ1n) is 11.5. The molecule has 0 saturated heterocycles. The molecule has 2 aliphatic rings. The summed E-state index contributed by atoms with van der Waals surface area (Å²) < 4.78 is 5.45. The number of anilines is 2. The number of benzene rings is 2. The number of thiocarbonyl (C=S) groups is 1. The van der Waals surface area contributed by atoms with Crippen LogP contribution in [0, 0.1) is 0 Å². The Morgan fingerprint density at radius 1 is 1.00 bits per heavy atom. The maximum absolute atomic E-state index is 5.63. The lowest BCUT2D eigenvalue weighted by atomic mass is 9.79. The van der Waals surface area contributed by atoms with Gasteiger partial charge in [-0.05, 0) is 41.7 Å². The predicted molar refractivity (Wildman–Crippen MR) is 136 cm³/mol. The molecule has 1 aliphatic carbocycles. The first-order valence-corrected chi connectivity index (χ1v) is 11.9. The lowest BCUT2D eigenvalue weighted by molar-refractivity contribution is 0.397. The third-order valence-corrected chi connectivity index (χ3v) is 7.07. The van der Waals surface area contributed by atoms with Crippen molar-refractivity contribution in [2.24, 2.45) is 0 Å². The molecular weight excluding hydrogens is 430 g/mol. The van der Waals surface area contributed by atoms with Crippen molar-refractivity contribution < 1.29 is 4.74 Å². The Morgan fingerprint density at radius 2 is 1.67 bits per heavy atom. The first-order chi connectivity index (χ1) is 16.1. The van der Waals surface area contributed by atoms with Crippen LogP contribution in [0.5, 0.6) is 5.88 Å². The second kappa shape index (κ2) is 9.35. The number of rotatable bonds is 6. The van der Waals surface area contributed by atoms with Crippen molar-refractivity contribution in [3.05, 3.63) is 77.4 Å². The van der Waals surface area contributed by atoms with E-state index in [0.717, 1.165) is 25.5 Å². The van der Waals surface area contributed by atoms with Crippen molar-refractivity contribution in [2.45, 2.75) is 44.2 Å². The maximum atomic E-state index is 5.63. The van der Waals surface area contributed by atoms with Crippen LogP contribution < -0.4 is 20.3 Å². The third kappa shape index (κ3) is 4.64. The van der Waals surface area contributed by atoms with Crippen LogP contribution in [0.25, 0.3) is 0 Å². The van der Waals surface area contributed by atoms with Crippen LogP contribution >= 0.6 is 12.2 Å². The van der Waals surface area contributed by atoms with Crippen molar-refractivity contribution in [2.75, 3.05) is 23.9 Å². The molecule has 7 heteroatoms. The van der Waals surface area contributed by atoms with Gasteiger partial charge in [-0.15, -0.1) is 0 Å². The Labute approximate surface area is 200 Å². The molecule has 1 aromatic heterocycles. The Bertz CT molecular complexity index is 1110. The summed E-state index contributed by atoms with van der Waals surface area (Å²) in [5.41, 5.74) is 4.15. The number of nitrogens with zero attached hydrogens (tertiary/aromatic N) is 3. The molecule has 2 heterocycles. The topological polar surface area (TPSA) is 62.3 Å². The zero-order valence-corrected chi connectivity index (χ0v) is 19.7. The molecule has 1 saturated carbocycles. The Balaban J connectivity index is 1.28.